The number of amides is 1. The van der Waals surface area contributed by atoms with Crippen molar-refractivity contribution in [2.24, 2.45) is 0 Å². The van der Waals surface area contributed by atoms with Gasteiger partial charge in [-0.15, -0.1) is 0 Å². The van der Waals surface area contributed by atoms with Crippen molar-refractivity contribution in [2.45, 2.75) is 49.9 Å². The Morgan fingerprint density at radius 1 is 1.37 bits per heavy atom. The number of alkyl carbamates (subject to hydrolysis) is 1. The zero-order valence-corrected chi connectivity index (χ0v) is 18.8. The predicted molar refractivity (Wildman–Crippen MR) is 108 cm³/mol. The summed E-state index contributed by atoms with van der Waals surface area (Å²) in [6.07, 6.45) is 0.840. The van der Waals surface area contributed by atoms with E-state index in [-0.39, 0.29) is 34.1 Å². The Balaban J connectivity index is 1.94. The highest BCUT2D eigenvalue weighted by Gasteiger charge is 2.34. The normalized spacial score (nSPS) is 13.5. The summed E-state index contributed by atoms with van der Waals surface area (Å²) in [4.78, 5) is 16.1. The Labute approximate surface area is 182 Å². The second kappa shape index (κ2) is 8.14. The lowest BCUT2D eigenvalue weighted by Gasteiger charge is -2.20. The van der Waals surface area contributed by atoms with E-state index in [1.165, 1.54) is 10.6 Å². The second-order valence-corrected chi connectivity index (χ2v) is 9.25. The average Bonchev–Trinajstić information content (AvgIpc) is 3.18. The molecule has 7 nitrogen and oxygen atoms in total. The van der Waals surface area contributed by atoms with Crippen molar-refractivity contribution in [3.63, 3.8) is 0 Å². The molecular weight excluding hydrogens is 489 g/mol. The van der Waals surface area contributed by atoms with Gasteiger partial charge in [0.05, 0.1) is 16.1 Å². The first kappa shape index (κ1) is 22.5. The highest BCUT2D eigenvalue weighted by atomic mass is 79.9. The fourth-order valence-corrected chi connectivity index (χ4v) is 3.77. The van der Waals surface area contributed by atoms with Crippen LogP contribution in [0.1, 0.15) is 39.6 Å². The molecule has 0 bridgehead atoms. The molecule has 0 spiro atoms. The van der Waals surface area contributed by atoms with Gasteiger partial charge in [0, 0.05) is 22.4 Å². The van der Waals surface area contributed by atoms with Gasteiger partial charge in [0.1, 0.15) is 11.6 Å². The van der Waals surface area contributed by atoms with E-state index in [9.17, 15) is 18.0 Å². The summed E-state index contributed by atoms with van der Waals surface area (Å²) < 4.78 is 51.9. The fourth-order valence-electron chi connectivity index (χ4n) is 2.58. The van der Waals surface area contributed by atoms with Gasteiger partial charge in [0.2, 0.25) is 11.7 Å². The van der Waals surface area contributed by atoms with E-state index in [0.717, 1.165) is 0 Å². The molecule has 0 radical (unpaired) electrons. The monoisotopic (exact) mass is 506 g/mol. The molecule has 3 aromatic rings. The number of aromatic nitrogens is 3. The number of thioether (sulfide) groups is 1. The van der Waals surface area contributed by atoms with Crippen LogP contribution in [0.5, 0.6) is 0 Å². The van der Waals surface area contributed by atoms with Crippen LogP contribution in [0.15, 0.2) is 38.4 Å². The first-order valence-electron chi connectivity index (χ1n) is 8.73. The van der Waals surface area contributed by atoms with Gasteiger partial charge in [-0.25, -0.2) is 4.79 Å². The molecule has 0 aliphatic carbocycles. The molecule has 3 rings (SSSR count). The summed E-state index contributed by atoms with van der Waals surface area (Å²) in [5, 5.41) is 6.27. The number of nitrogens with one attached hydrogen (secondary N) is 1. The average molecular weight is 507 g/mol. The van der Waals surface area contributed by atoms with Crippen LogP contribution in [0.4, 0.5) is 18.0 Å². The number of alkyl halides is 3. The van der Waals surface area contributed by atoms with Gasteiger partial charge in [0.15, 0.2) is 0 Å². The van der Waals surface area contributed by atoms with Crippen molar-refractivity contribution in [3.8, 4) is 11.4 Å². The van der Waals surface area contributed by atoms with Crippen LogP contribution in [0.3, 0.4) is 0 Å². The molecule has 162 valence electrons. The van der Waals surface area contributed by atoms with Gasteiger partial charge in [0.25, 0.3) is 0 Å². The van der Waals surface area contributed by atoms with Gasteiger partial charge in [-0.05, 0) is 61.8 Å². The van der Waals surface area contributed by atoms with Crippen molar-refractivity contribution in [1.82, 2.24) is 19.9 Å². The first-order valence-corrected chi connectivity index (χ1v) is 10.3. The topological polar surface area (TPSA) is 81.7 Å². The number of fused-ring (bicyclic) bond motifs is 1. The Kier molecular flexibility index (Phi) is 6.10. The van der Waals surface area contributed by atoms with Crippen molar-refractivity contribution in [3.05, 3.63) is 34.8 Å². The van der Waals surface area contributed by atoms with Gasteiger partial charge in [-0.1, -0.05) is 5.16 Å². The number of halogens is 4. The minimum Gasteiger partial charge on any atom is -0.444 e. The molecule has 0 unspecified atom stereocenters. The Morgan fingerprint density at radius 2 is 2.07 bits per heavy atom. The maximum Gasteiger partial charge on any atom is 0.447 e. The SMILES string of the molecule is C[C@H](NC(=O)OC(C)(C)C)c1nc(-c2cc3c(Br)cccn3c2SC(F)(F)F)no1. The van der Waals surface area contributed by atoms with Crippen LogP contribution in [0.25, 0.3) is 16.9 Å². The highest BCUT2D eigenvalue weighted by Crippen LogP contribution is 2.43. The number of nitrogens with zero attached hydrogens (tertiary/aromatic N) is 3. The van der Waals surface area contributed by atoms with E-state index >= 15 is 0 Å². The molecular formula is C18H18BrF3N4O3S. The van der Waals surface area contributed by atoms with Crippen LogP contribution >= 0.6 is 27.7 Å². The highest BCUT2D eigenvalue weighted by molar-refractivity contribution is 9.10. The number of hydrogen-bond acceptors (Lipinski definition) is 6. The minimum absolute atomic E-state index is 0.0230. The summed E-state index contributed by atoms with van der Waals surface area (Å²) in [7, 11) is 0. The Hall–Kier alpha value is -2.21. The van der Waals surface area contributed by atoms with E-state index in [1.54, 1.807) is 45.9 Å². The number of carbonyl (C=O) groups excluding carboxylic acids is 1. The molecule has 0 saturated heterocycles. The van der Waals surface area contributed by atoms with E-state index < -0.39 is 23.2 Å². The van der Waals surface area contributed by atoms with Crippen molar-refractivity contribution in [1.29, 1.82) is 0 Å². The van der Waals surface area contributed by atoms with Crippen molar-refractivity contribution < 1.29 is 27.2 Å². The van der Waals surface area contributed by atoms with Crippen LogP contribution in [-0.4, -0.2) is 31.7 Å². The van der Waals surface area contributed by atoms with Crippen LogP contribution in [0.2, 0.25) is 0 Å². The van der Waals surface area contributed by atoms with E-state index in [0.29, 0.717) is 9.99 Å². The molecule has 0 aliphatic rings. The summed E-state index contributed by atoms with van der Waals surface area (Å²) in [6.45, 7) is 6.76. The zero-order chi connectivity index (χ0) is 22.3. The third kappa shape index (κ3) is 5.28. The number of pyridine rings is 1. The Morgan fingerprint density at radius 3 is 2.70 bits per heavy atom. The molecule has 12 heteroatoms. The zero-order valence-electron chi connectivity index (χ0n) is 16.4. The van der Waals surface area contributed by atoms with E-state index in [2.05, 4.69) is 31.4 Å². The van der Waals surface area contributed by atoms with Crippen LogP contribution < -0.4 is 5.32 Å². The lowest BCUT2D eigenvalue weighted by molar-refractivity contribution is -0.0329. The summed E-state index contributed by atoms with van der Waals surface area (Å²) in [6, 6.07) is 4.17. The lowest BCUT2D eigenvalue weighted by Crippen LogP contribution is -2.34. The number of hydrogen-bond donors (Lipinski definition) is 1. The number of carbonyl (C=O) groups is 1. The molecule has 1 amide bonds. The molecule has 0 fully saturated rings. The molecule has 0 aromatic carbocycles. The quantitative estimate of drug-likeness (QED) is 0.440. The molecule has 3 heterocycles. The van der Waals surface area contributed by atoms with Gasteiger partial charge in [-0.3, -0.25) is 0 Å². The predicted octanol–water partition coefficient (Wildman–Crippen LogP) is 5.95. The van der Waals surface area contributed by atoms with Gasteiger partial charge >= 0.3 is 11.6 Å². The number of ether oxygens (including phenoxy) is 1. The van der Waals surface area contributed by atoms with Gasteiger partial charge in [-0.2, -0.15) is 18.2 Å². The minimum atomic E-state index is -4.51. The summed E-state index contributed by atoms with van der Waals surface area (Å²) in [5.41, 5.74) is -4.52. The molecule has 1 atom stereocenters. The standard InChI is InChI=1S/C18H18BrF3N4O3S/c1-9(23-16(27)28-17(2,3)4)14-24-13(25-29-14)10-8-12-11(19)6-5-7-26(12)15(10)30-18(20,21)22/h5-9H,1-4H3,(H,23,27)/t9-/m0/s1. The van der Waals surface area contributed by atoms with Crippen LogP contribution in [0, 0.1) is 0 Å². The molecule has 0 aliphatic heterocycles. The van der Waals surface area contributed by atoms with Crippen molar-refractivity contribution >= 4 is 39.3 Å². The fraction of sp³-hybridized carbons (Fsp3) is 0.389. The number of rotatable bonds is 4. The Bertz CT molecular complexity index is 1070. The molecule has 0 saturated carbocycles. The largest absolute Gasteiger partial charge is 0.447 e. The van der Waals surface area contributed by atoms with Crippen molar-refractivity contribution in [2.75, 3.05) is 0 Å². The maximum absolute atomic E-state index is 13.2. The summed E-state index contributed by atoms with van der Waals surface area (Å²) in [5.74, 6) is 0.0123. The van der Waals surface area contributed by atoms with E-state index in [1.807, 2.05) is 0 Å². The summed E-state index contributed by atoms with van der Waals surface area (Å²) >= 11 is 3.07. The second-order valence-electron chi connectivity index (χ2n) is 7.35. The maximum atomic E-state index is 13.2. The van der Waals surface area contributed by atoms with Gasteiger partial charge < -0.3 is 19.0 Å². The smallest absolute Gasteiger partial charge is 0.444 e. The molecule has 1 N–H and O–H groups in total. The third-order valence-electron chi connectivity index (χ3n) is 3.71. The molecule has 3 aromatic heterocycles. The third-order valence-corrected chi connectivity index (χ3v) is 5.22. The van der Waals surface area contributed by atoms with Crippen LogP contribution in [-0.2, 0) is 4.74 Å². The lowest BCUT2D eigenvalue weighted by atomic mass is 10.2. The molecule has 30 heavy (non-hydrogen) atoms. The first-order chi connectivity index (χ1) is 13.8. The van der Waals surface area contributed by atoms with E-state index in [4.69, 9.17) is 9.26 Å².